The third-order valence-corrected chi connectivity index (χ3v) is 6.15. The molecule has 0 amide bonds. The van der Waals surface area contributed by atoms with E-state index in [4.69, 9.17) is 0 Å². The number of nitrogens with one attached hydrogen (secondary N) is 1. The molecule has 2 unspecified atom stereocenters. The second-order valence-electron chi connectivity index (χ2n) is 4.97. The molecule has 0 bridgehead atoms. The first kappa shape index (κ1) is 13.2. The fraction of sp³-hybridized carbons (Fsp3) is 0.375. The van der Waals surface area contributed by atoms with E-state index in [2.05, 4.69) is 54.9 Å². The molecule has 0 aliphatic carbocycles. The third-order valence-electron chi connectivity index (χ3n) is 3.65. The van der Waals surface area contributed by atoms with Gasteiger partial charge in [0.05, 0.1) is 6.04 Å². The molecule has 2 atom stereocenters. The van der Waals surface area contributed by atoms with E-state index in [1.807, 2.05) is 23.1 Å². The zero-order valence-corrected chi connectivity index (χ0v) is 13.0. The van der Waals surface area contributed by atoms with Gasteiger partial charge in [0.25, 0.3) is 0 Å². The molecule has 0 spiro atoms. The molecule has 0 saturated heterocycles. The van der Waals surface area contributed by atoms with Crippen LogP contribution >= 0.6 is 23.1 Å². The highest BCUT2D eigenvalue weighted by atomic mass is 32.2. The summed E-state index contributed by atoms with van der Waals surface area (Å²) in [4.78, 5) is 2.97. The quantitative estimate of drug-likeness (QED) is 0.894. The molecule has 100 valence electrons. The molecule has 1 aliphatic heterocycles. The molecule has 1 nitrogen and oxygen atoms in total. The van der Waals surface area contributed by atoms with Crippen molar-refractivity contribution in [3.63, 3.8) is 0 Å². The van der Waals surface area contributed by atoms with Crippen molar-refractivity contribution in [2.75, 3.05) is 6.54 Å². The molecule has 0 saturated carbocycles. The highest BCUT2D eigenvalue weighted by Gasteiger charge is 2.31. The van der Waals surface area contributed by atoms with E-state index >= 15 is 0 Å². The van der Waals surface area contributed by atoms with Gasteiger partial charge in [0, 0.05) is 15.0 Å². The first-order chi connectivity index (χ1) is 9.29. The van der Waals surface area contributed by atoms with Gasteiger partial charge in [-0.1, -0.05) is 25.1 Å². The Morgan fingerprint density at radius 2 is 2.16 bits per heavy atom. The lowest BCUT2D eigenvalue weighted by Crippen LogP contribution is -2.29. The smallest absolute Gasteiger partial charge is 0.0544 e. The third kappa shape index (κ3) is 2.60. The Morgan fingerprint density at radius 1 is 1.32 bits per heavy atom. The highest BCUT2D eigenvalue weighted by molar-refractivity contribution is 8.00. The Bertz CT molecular complexity index is 536. The first-order valence-corrected chi connectivity index (χ1v) is 8.57. The SMILES string of the molecule is CCNC(c1sccc1C)C1Cc2ccccc2S1. The largest absolute Gasteiger partial charge is 0.309 e. The summed E-state index contributed by atoms with van der Waals surface area (Å²) < 4.78 is 0. The Hall–Kier alpha value is -0.770. The number of hydrogen-bond donors (Lipinski definition) is 1. The number of rotatable bonds is 4. The van der Waals surface area contributed by atoms with Gasteiger partial charge in [-0.15, -0.1) is 23.1 Å². The van der Waals surface area contributed by atoms with Crippen molar-refractivity contribution < 1.29 is 0 Å². The summed E-state index contributed by atoms with van der Waals surface area (Å²) in [5, 5.41) is 6.52. The molecule has 3 rings (SSSR count). The number of thioether (sulfide) groups is 1. The van der Waals surface area contributed by atoms with Gasteiger partial charge in [-0.2, -0.15) is 0 Å². The van der Waals surface area contributed by atoms with Crippen molar-refractivity contribution in [1.82, 2.24) is 5.32 Å². The second-order valence-corrected chi connectivity index (χ2v) is 7.20. The van der Waals surface area contributed by atoms with E-state index in [0.29, 0.717) is 11.3 Å². The van der Waals surface area contributed by atoms with Gasteiger partial charge >= 0.3 is 0 Å². The molecule has 2 aromatic rings. The normalized spacial score (nSPS) is 19.4. The summed E-state index contributed by atoms with van der Waals surface area (Å²) in [5.74, 6) is 0. The molecule has 1 N–H and O–H groups in total. The summed E-state index contributed by atoms with van der Waals surface area (Å²) in [5.41, 5.74) is 2.93. The fourth-order valence-corrected chi connectivity index (χ4v) is 5.28. The highest BCUT2D eigenvalue weighted by Crippen LogP contribution is 2.44. The van der Waals surface area contributed by atoms with Gasteiger partial charge in [-0.3, -0.25) is 0 Å². The average molecular weight is 289 g/mol. The van der Waals surface area contributed by atoms with Crippen LogP contribution in [0.25, 0.3) is 0 Å². The van der Waals surface area contributed by atoms with Crippen LogP contribution in [0.15, 0.2) is 40.6 Å². The summed E-state index contributed by atoms with van der Waals surface area (Å²) >= 11 is 3.92. The van der Waals surface area contributed by atoms with Crippen molar-refractivity contribution in [3.05, 3.63) is 51.7 Å². The minimum Gasteiger partial charge on any atom is -0.309 e. The summed E-state index contributed by atoms with van der Waals surface area (Å²) in [7, 11) is 0. The van der Waals surface area contributed by atoms with Crippen LogP contribution in [0.2, 0.25) is 0 Å². The summed E-state index contributed by atoms with van der Waals surface area (Å²) in [6.07, 6.45) is 1.18. The molecule has 0 fully saturated rings. The Labute approximate surface area is 123 Å². The van der Waals surface area contributed by atoms with Crippen LogP contribution in [0.4, 0.5) is 0 Å². The van der Waals surface area contributed by atoms with Gasteiger partial charge in [-0.25, -0.2) is 0 Å². The maximum absolute atomic E-state index is 3.69. The maximum Gasteiger partial charge on any atom is 0.0544 e. The van der Waals surface area contributed by atoms with Crippen molar-refractivity contribution in [2.24, 2.45) is 0 Å². The fourth-order valence-electron chi connectivity index (χ4n) is 2.71. The van der Waals surface area contributed by atoms with Gasteiger partial charge in [0.15, 0.2) is 0 Å². The Morgan fingerprint density at radius 3 is 2.84 bits per heavy atom. The molecule has 3 heteroatoms. The molecular weight excluding hydrogens is 270 g/mol. The molecule has 19 heavy (non-hydrogen) atoms. The maximum atomic E-state index is 3.69. The van der Waals surface area contributed by atoms with Crippen LogP contribution < -0.4 is 5.32 Å². The molecule has 2 heterocycles. The van der Waals surface area contributed by atoms with Crippen molar-refractivity contribution in [3.8, 4) is 0 Å². The molecular formula is C16H19NS2. The number of thiophene rings is 1. The number of benzene rings is 1. The molecule has 1 aromatic carbocycles. The van der Waals surface area contributed by atoms with E-state index in [0.717, 1.165) is 6.54 Å². The monoisotopic (exact) mass is 289 g/mol. The lowest BCUT2D eigenvalue weighted by Gasteiger charge is -2.23. The Balaban J connectivity index is 1.86. The lowest BCUT2D eigenvalue weighted by atomic mass is 10.0. The van der Waals surface area contributed by atoms with E-state index in [1.54, 1.807) is 0 Å². The molecule has 1 aliphatic rings. The van der Waals surface area contributed by atoms with Crippen LogP contribution in [0.1, 0.15) is 29.0 Å². The van der Waals surface area contributed by atoms with E-state index in [1.165, 1.54) is 27.3 Å². The number of aryl methyl sites for hydroxylation is 1. The predicted octanol–water partition coefficient (Wildman–Crippen LogP) is 4.42. The predicted molar refractivity (Wildman–Crippen MR) is 85.3 cm³/mol. The van der Waals surface area contributed by atoms with Crippen molar-refractivity contribution in [2.45, 2.75) is 36.5 Å². The van der Waals surface area contributed by atoms with Crippen LogP contribution in [-0.4, -0.2) is 11.8 Å². The summed E-state index contributed by atoms with van der Waals surface area (Å²) in [6, 6.07) is 11.5. The van der Waals surface area contributed by atoms with Crippen molar-refractivity contribution >= 4 is 23.1 Å². The van der Waals surface area contributed by atoms with Crippen LogP contribution in [0, 0.1) is 6.92 Å². The van der Waals surface area contributed by atoms with E-state index < -0.39 is 0 Å². The zero-order chi connectivity index (χ0) is 13.2. The van der Waals surface area contributed by atoms with Gasteiger partial charge in [0.1, 0.15) is 0 Å². The summed E-state index contributed by atoms with van der Waals surface area (Å²) in [6.45, 7) is 5.45. The van der Waals surface area contributed by atoms with Crippen molar-refractivity contribution in [1.29, 1.82) is 0 Å². The van der Waals surface area contributed by atoms with Gasteiger partial charge < -0.3 is 5.32 Å². The Kier molecular flexibility index (Phi) is 3.96. The number of fused-ring (bicyclic) bond motifs is 1. The van der Waals surface area contributed by atoms with Crippen LogP contribution in [-0.2, 0) is 6.42 Å². The molecule has 1 aromatic heterocycles. The minimum absolute atomic E-state index is 0.474. The standard InChI is InChI=1S/C16H19NS2/c1-3-17-15(16-11(2)8-9-18-16)14-10-12-6-4-5-7-13(12)19-14/h4-9,14-15,17H,3,10H2,1-2H3. The zero-order valence-electron chi connectivity index (χ0n) is 11.3. The lowest BCUT2D eigenvalue weighted by molar-refractivity contribution is 0.537. The van der Waals surface area contributed by atoms with E-state index in [-0.39, 0.29) is 0 Å². The van der Waals surface area contributed by atoms with E-state index in [9.17, 15) is 0 Å². The van der Waals surface area contributed by atoms with Crippen LogP contribution in [0.3, 0.4) is 0 Å². The molecule has 0 radical (unpaired) electrons. The first-order valence-electron chi connectivity index (χ1n) is 6.81. The van der Waals surface area contributed by atoms with Gasteiger partial charge in [-0.05, 0) is 48.5 Å². The average Bonchev–Trinajstić information content (AvgIpc) is 3.02. The number of hydrogen-bond acceptors (Lipinski definition) is 3. The second kappa shape index (κ2) is 5.70. The minimum atomic E-state index is 0.474. The topological polar surface area (TPSA) is 12.0 Å². The van der Waals surface area contributed by atoms with Gasteiger partial charge in [0.2, 0.25) is 0 Å². The van der Waals surface area contributed by atoms with Crippen LogP contribution in [0.5, 0.6) is 0 Å².